The highest BCUT2D eigenvalue weighted by molar-refractivity contribution is 8.02. The van der Waals surface area contributed by atoms with E-state index in [1.165, 1.54) is 4.90 Å². The third kappa shape index (κ3) is 3.29. The smallest absolute Gasteiger partial charge is 0.414 e. The van der Waals surface area contributed by atoms with Crippen molar-refractivity contribution in [3.8, 4) is 0 Å². The summed E-state index contributed by atoms with van der Waals surface area (Å²) < 4.78 is 5.37. The number of thioether (sulfide) groups is 1. The molecule has 0 spiro atoms. The monoisotopic (exact) mass is 263 g/mol. The molecule has 2 rings (SSSR count). The Hall–Kier alpha value is -1.42. The number of amides is 1. The minimum Gasteiger partial charge on any atom is -0.443 e. The minimum atomic E-state index is -0.468. The molecule has 1 aliphatic rings. The standard InChI is InChI=1S/C14H17NO2S/c1-14(2,3)17-13(16)15-8-9-18-12-7-5-4-6-11(12)10-15/h4-9H,10H2,1-3H3. The molecule has 18 heavy (non-hydrogen) atoms. The number of rotatable bonds is 0. The van der Waals surface area contributed by atoms with E-state index in [1.54, 1.807) is 22.9 Å². The lowest BCUT2D eigenvalue weighted by Gasteiger charge is -2.24. The molecule has 1 aromatic rings. The maximum Gasteiger partial charge on any atom is 0.414 e. The average molecular weight is 263 g/mol. The second kappa shape index (κ2) is 5.06. The lowest BCUT2D eigenvalue weighted by molar-refractivity contribution is 0.0323. The van der Waals surface area contributed by atoms with Gasteiger partial charge in [-0.1, -0.05) is 30.0 Å². The SMILES string of the molecule is CC(C)(C)OC(=O)N1C=CSc2ccccc2C1. The topological polar surface area (TPSA) is 29.5 Å². The van der Waals surface area contributed by atoms with Gasteiger partial charge >= 0.3 is 6.09 Å². The van der Waals surface area contributed by atoms with Crippen LogP contribution in [0.2, 0.25) is 0 Å². The van der Waals surface area contributed by atoms with E-state index >= 15 is 0 Å². The summed E-state index contributed by atoms with van der Waals surface area (Å²) in [5.74, 6) is 0. The third-order valence-corrected chi connectivity index (χ3v) is 3.29. The summed E-state index contributed by atoms with van der Waals surface area (Å²) >= 11 is 1.62. The molecule has 0 radical (unpaired) electrons. The Morgan fingerprint density at radius 2 is 2.06 bits per heavy atom. The number of carbonyl (C=O) groups excluding carboxylic acids is 1. The number of hydrogen-bond acceptors (Lipinski definition) is 3. The van der Waals surface area contributed by atoms with Crippen LogP contribution in [0.4, 0.5) is 4.79 Å². The van der Waals surface area contributed by atoms with Gasteiger partial charge in [0.2, 0.25) is 0 Å². The summed E-state index contributed by atoms with van der Waals surface area (Å²) in [6.45, 7) is 6.16. The molecule has 0 saturated carbocycles. The zero-order valence-corrected chi connectivity index (χ0v) is 11.7. The third-order valence-electron chi connectivity index (χ3n) is 2.38. The fourth-order valence-electron chi connectivity index (χ4n) is 1.61. The normalized spacial score (nSPS) is 14.9. The van der Waals surface area contributed by atoms with Crippen molar-refractivity contribution in [3.05, 3.63) is 41.4 Å². The molecule has 1 amide bonds. The zero-order chi connectivity index (χ0) is 13.2. The zero-order valence-electron chi connectivity index (χ0n) is 10.8. The lowest BCUT2D eigenvalue weighted by Crippen LogP contribution is -2.33. The molecule has 0 bridgehead atoms. The first-order valence-corrected chi connectivity index (χ1v) is 6.74. The van der Waals surface area contributed by atoms with E-state index in [2.05, 4.69) is 6.07 Å². The van der Waals surface area contributed by atoms with Crippen LogP contribution in [-0.2, 0) is 11.3 Å². The molecule has 1 heterocycles. The molecule has 0 aliphatic carbocycles. The molecule has 0 fully saturated rings. The van der Waals surface area contributed by atoms with Gasteiger partial charge in [0.1, 0.15) is 5.60 Å². The Bertz CT molecular complexity index is 477. The summed E-state index contributed by atoms with van der Waals surface area (Å²) in [6.07, 6.45) is 1.47. The van der Waals surface area contributed by atoms with Gasteiger partial charge in [-0.15, -0.1) is 0 Å². The average Bonchev–Trinajstić information content (AvgIpc) is 2.48. The van der Waals surface area contributed by atoms with Crippen molar-refractivity contribution in [2.24, 2.45) is 0 Å². The first-order chi connectivity index (χ1) is 8.46. The van der Waals surface area contributed by atoms with E-state index in [4.69, 9.17) is 4.74 Å². The number of nitrogens with zero attached hydrogens (tertiary/aromatic N) is 1. The predicted octanol–water partition coefficient (Wildman–Crippen LogP) is 4.00. The Morgan fingerprint density at radius 3 is 2.78 bits per heavy atom. The number of hydrogen-bond donors (Lipinski definition) is 0. The summed E-state index contributed by atoms with van der Waals surface area (Å²) in [6, 6.07) is 8.08. The molecule has 96 valence electrons. The summed E-state index contributed by atoms with van der Waals surface area (Å²) in [5, 5.41) is 1.91. The van der Waals surface area contributed by atoms with Crippen LogP contribution < -0.4 is 0 Å². The molecule has 0 saturated heterocycles. The first-order valence-electron chi connectivity index (χ1n) is 5.86. The van der Waals surface area contributed by atoms with Crippen LogP contribution in [0, 0.1) is 0 Å². The molecule has 0 N–H and O–H groups in total. The fourth-order valence-corrected chi connectivity index (χ4v) is 2.40. The van der Waals surface area contributed by atoms with Crippen molar-refractivity contribution < 1.29 is 9.53 Å². The van der Waals surface area contributed by atoms with Gasteiger partial charge in [-0.2, -0.15) is 0 Å². The van der Waals surface area contributed by atoms with Crippen molar-refractivity contribution in [1.29, 1.82) is 0 Å². The van der Waals surface area contributed by atoms with Gasteiger partial charge in [-0.05, 0) is 37.8 Å². The van der Waals surface area contributed by atoms with Crippen LogP contribution >= 0.6 is 11.8 Å². The molecular weight excluding hydrogens is 246 g/mol. The first kappa shape index (κ1) is 13.0. The Kier molecular flexibility index (Phi) is 3.66. The number of carbonyl (C=O) groups is 1. The lowest BCUT2D eigenvalue weighted by atomic mass is 10.2. The maximum atomic E-state index is 12.0. The van der Waals surface area contributed by atoms with E-state index < -0.39 is 5.60 Å². The molecule has 0 atom stereocenters. The van der Waals surface area contributed by atoms with Crippen LogP contribution in [0.3, 0.4) is 0 Å². The number of ether oxygens (including phenoxy) is 1. The van der Waals surface area contributed by atoms with Crippen molar-refractivity contribution >= 4 is 17.9 Å². The molecule has 1 aromatic carbocycles. The van der Waals surface area contributed by atoms with Crippen LogP contribution in [0.1, 0.15) is 26.3 Å². The van der Waals surface area contributed by atoms with Crippen molar-refractivity contribution in [2.45, 2.75) is 37.8 Å². The van der Waals surface area contributed by atoms with E-state index in [9.17, 15) is 4.79 Å². The van der Waals surface area contributed by atoms with Crippen LogP contribution in [0.25, 0.3) is 0 Å². The molecule has 1 aliphatic heterocycles. The van der Waals surface area contributed by atoms with Crippen molar-refractivity contribution in [2.75, 3.05) is 0 Å². The highest BCUT2D eigenvalue weighted by Crippen LogP contribution is 2.28. The number of fused-ring (bicyclic) bond motifs is 1. The van der Waals surface area contributed by atoms with E-state index in [1.807, 2.05) is 44.4 Å². The molecule has 0 aromatic heterocycles. The van der Waals surface area contributed by atoms with Crippen LogP contribution in [-0.4, -0.2) is 16.6 Å². The van der Waals surface area contributed by atoms with Crippen molar-refractivity contribution in [3.63, 3.8) is 0 Å². The predicted molar refractivity (Wildman–Crippen MR) is 73.2 cm³/mol. The molecule has 4 heteroatoms. The van der Waals surface area contributed by atoms with Gasteiger partial charge in [0.05, 0.1) is 6.54 Å². The summed E-state index contributed by atoms with van der Waals surface area (Å²) in [5.41, 5.74) is 0.669. The van der Waals surface area contributed by atoms with Gasteiger partial charge < -0.3 is 4.74 Å². The van der Waals surface area contributed by atoms with Gasteiger partial charge in [0.25, 0.3) is 0 Å². The molecule has 0 unspecified atom stereocenters. The van der Waals surface area contributed by atoms with E-state index in [0.717, 1.165) is 5.56 Å². The number of benzene rings is 1. The quantitative estimate of drug-likeness (QED) is 0.708. The largest absolute Gasteiger partial charge is 0.443 e. The van der Waals surface area contributed by atoms with Gasteiger partial charge in [-0.25, -0.2) is 4.79 Å². The van der Waals surface area contributed by atoms with Crippen LogP contribution in [0.5, 0.6) is 0 Å². The fraction of sp³-hybridized carbons (Fsp3) is 0.357. The Balaban J connectivity index is 2.15. The Labute approximate surface area is 112 Å². The van der Waals surface area contributed by atoms with Gasteiger partial charge in [0, 0.05) is 11.1 Å². The highest BCUT2D eigenvalue weighted by Gasteiger charge is 2.22. The van der Waals surface area contributed by atoms with E-state index in [0.29, 0.717) is 6.54 Å². The molecule has 3 nitrogen and oxygen atoms in total. The van der Waals surface area contributed by atoms with Crippen molar-refractivity contribution in [1.82, 2.24) is 4.90 Å². The highest BCUT2D eigenvalue weighted by atomic mass is 32.2. The maximum absolute atomic E-state index is 12.0. The van der Waals surface area contributed by atoms with Gasteiger partial charge in [-0.3, -0.25) is 4.90 Å². The van der Waals surface area contributed by atoms with Crippen LogP contribution in [0.15, 0.2) is 40.8 Å². The Morgan fingerprint density at radius 1 is 1.33 bits per heavy atom. The van der Waals surface area contributed by atoms with Gasteiger partial charge in [0.15, 0.2) is 0 Å². The second-order valence-corrected chi connectivity index (χ2v) is 6.07. The molecular formula is C14H17NO2S. The van der Waals surface area contributed by atoms with E-state index in [-0.39, 0.29) is 6.09 Å². The summed E-state index contributed by atoms with van der Waals surface area (Å²) in [7, 11) is 0. The minimum absolute atomic E-state index is 0.309. The summed E-state index contributed by atoms with van der Waals surface area (Å²) in [4.78, 5) is 14.8. The second-order valence-electron chi connectivity index (χ2n) is 5.12.